The maximum absolute atomic E-state index is 12.7. The maximum Gasteiger partial charge on any atom is 0.243 e. The fourth-order valence-corrected chi connectivity index (χ4v) is 6.09. The fraction of sp³-hybridized carbons (Fsp3) is 0.500. The zero-order valence-electron chi connectivity index (χ0n) is 17.9. The molecule has 4 rings (SSSR count). The second-order valence-corrected chi connectivity index (χ2v) is 10.9. The lowest BCUT2D eigenvalue weighted by atomic mass is 10.2. The first kappa shape index (κ1) is 23.3. The smallest absolute Gasteiger partial charge is 0.243 e. The van der Waals surface area contributed by atoms with E-state index in [0.29, 0.717) is 45.1 Å². The Morgan fingerprint density at radius 3 is 2.59 bits per heavy atom. The van der Waals surface area contributed by atoms with E-state index in [1.165, 1.54) is 21.3 Å². The summed E-state index contributed by atoms with van der Waals surface area (Å²) in [6, 6.07) is 10.4. The topological polar surface area (TPSA) is 88.2 Å². The molecule has 3 heterocycles. The van der Waals surface area contributed by atoms with E-state index in [1.807, 2.05) is 11.4 Å². The van der Waals surface area contributed by atoms with Crippen molar-refractivity contribution in [2.24, 2.45) is 0 Å². The van der Waals surface area contributed by atoms with Crippen LogP contribution in [0.2, 0.25) is 0 Å². The van der Waals surface area contributed by atoms with Crippen molar-refractivity contribution in [3.05, 3.63) is 46.7 Å². The number of nitrogens with zero attached hydrogens (tertiary/aromatic N) is 2. The van der Waals surface area contributed by atoms with Crippen molar-refractivity contribution in [2.45, 2.75) is 30.4 Å². The standard InChI is InChI=1S/C22H29N3O5S2/c26-22(17-24(15-19-3-1-11-30-19)16-20-4-2-14-31-20)23-18-5-7-21(8-6-18)32(27,28)25-9-12-29-13-10-25/h2,4-8,14,19H,1,3,9-13,15-17H2,(H,23,26)/t19-/m1/s1. The minimum absolute atomic E-state index is 0.136. The number of rotatable bonds is 9. The second-order valence-electron chi connectivity index (χ2n) is 7.97. The van der Waals surface area contributed by atoms with Crippen molar-refractivity contribution in [2.75, 3.05) is 51.3 Å². The number of morpholine rings is 1. The first-order valence-corrected chi connectivity index (χ1v) is 13.2. The number of hydrogen-bond acceptors (Lipinski definition) is 7. The number of hydrogen-bond donors (Lipinski definition) is 1. The lowest BCUT2D eigenvalue weighted by Gasteiger charge is -2.26. The summed E-state index contributed by atoms with van der Waals surface area (Å²) in [4.78, 5) is 16.2. The summed E-state index contributed by atoms with van der Waals surface area (Å²) in [5.41, 5.74) is 0.573. The van der Waals surface area contributed by atoms with E-state index >= 15 is 0 Å². The molecule has 1 amide bonds. The van der Waals surface area contributed by atoms with Crippen LogP contribution in [0.15, 0.2) is 46.7 Å². The zero-order valence-corrected chi connectivity index (χ0v) is 19.6. The van der Waals surface area contributed by atoms with E-state index in [9.17, 15) is 13.2 Å². The number of thiophene rings is 1. The van der Waals surface area contributed by atoms with Gasteiger partial charge in [0, 0.05) is 43.4 Å². The van der Waals surface area contributed by atoms with Gasteiger partial charge in [-0.1, -0.05) is 6.07 Å². The zero-order chi connectivity index (χ0) is 22.4. The van der Waals surface area contributed by atoms with Crippen LogP contribution in [0.3, 0.4) is 0 Å². The van der Waals surface area contributed by atoms with Crippen LogP contribution < -0.4 is 5.32 Å². The lowest BCUT2D eigenvalue weighted by molar-refractivity contribution is -0.117. The molecule has 0 unspecified atom stereocenters. The number of carbonyl (C=O) groups is 1. The van der Waals surface area contributed by atoms with E-state index in [4.69, 9.17) is 9.47 Å². The van der Waals surface area contributed by atoms with Crippen molar-refractivity contribution in [3.8, 4) is 0 Å². The Morgan fingerprint density at radius 2 is 1.94 bits per heavy atom. The fourth-order valence-electron chi connectivity index (χ4n) is 3.93. The van der Waals surface area contributed by atoms with Crippen molar-refractivity contribution < 1.29 is 22.7 Å². The Labute approximate surface area is 193 Å². The first-order valence-electron chi connectivity index (χ1n) is 10.8. The Hall–Kier alpha value is -1.82. The van der Waals surface area contributed by atoms with Gasteiger partial charge in [0.25, 0.3) is 0 Å². The minimum Gasteiger partial charge on any atom is -0.379 e. The Kier molecular flexibility index (Phi) is 7.93. The summed E-state index contributed by atoms with van der Waals surface area (Å²) in [7, 11) is -3.55. The summed E-state index contributed by atoms with van der Waals surface area (Å²) in [5.74, 6) is -0.136. The second kappa shape index (κ2) is 10.9. The molecule has 0 radical (unpaired) electrons. The van der Waals surface area contributed by atoms with Gasteiger partial charge in [0.1, 0.15) is 0 Å². The third kappa shape index (κ3) is 6.15. The van der Waals surface area contributed by atoms with Gasteiger partial charge in [0.05, 0.1) is 30.8 Å². The summed E-state index contributed by atoms with van der Waals surface area (Å²) in [5, 5.41) is 4.92. The highest BCUT2D eigenvalue weighted by molar-refractivity contribution is 7.89. The summed E-state index contributed by atoms with van der Waals surface area (Å²) in [6.07, 6.45) is 2.23. The van der Waals surface area contributed by atoms with Crippen LogP contribution in [0.5, 0.6) is 0 Å². The molecule has 2 saturated heterocycles. The quantitative estimate of drug-likeness (QED) is 0.594. The molecule has 2 aliphatic rings. The first-order chi connectivity index (χ1) is 15.5. The number of sulfonamides is 1. The van der Waals surface area contributed by atoms with Crippen molar-refractivity contribution >= 4 is 33.0 Å². The molecule has 10 heteroatoms. The Morgan fingerprint density at radius 1 is 1.16 bits per heavy atom. The van der Waals surface area contributed by atoms with E-state index in [2.05, 4.69) is 16.3 Å². The molecule has 2 fully saturated rings. The van der Waals surface area contributed by atoms with Gasteiger partial charge in [-0.05, 0) is 48.6 Å². The molecule has 0 bridgehead atoms. The minimum atomic E-state index is -3.55. The van der Waals surface area contributed by atoms with Gasteiger partial charge in [-0.25, -0.2) is 8.42 Å². The molecule has 0 saturated carbocycles. The van der Waals surface area contributed by atoms with Gasteiger partial charge in [0.2, 0.25) is 15.9 Å². The number of amides is 1. The van der Waals surface area contributed by atoms with Crippen LogP contribution in [0.25, 0.3) is 0 Å². The summed E-state index contributed by atoms with van der Waals surface area (Å²) < 4.78 is 37.9. The molecule has 0 aliphatic carbocycles. The monoisotopic (exact) mass is 479 g/mol. The summed E-state index contributed by atoms with van der Waals surface area (Å²) in [6.45, 7) is 3.94. The van der Waals surface area contributed by atoms with E-state index in [1.54, 1.807) is 23.5 Å². The van der Waals surface area contributed by atoms with E-state index in [-0.39, 0.29) is 23.5 Å². The van der Waals surface area contributed by atoms with Gasteiger partial charge in [-0.15, -0.1) is 11.3 Å². The third-order valence-electron chi connectivity index (χ3n) is 5.56. The summed E-state index contributed by atoms with van der Waals surface area (Å²) >= 11 is 1.67. The molecule has 1 N–H and O–H groups in total. The number of carbonyl (C=O) groups excluding carboxylic acids is 1. The number of anilines is 1. The van der Waals surface area contributed by atoms with Crippen molar-refractivity contribution in [3.63, 3.8) is 0 Å². The van der Waals surface area contributed by atoms with Crippen LogP contribution in [0, 0.1) is 0 Å². The van der Waals surface area contributed by atoms with Crippen LogP contribution in [0.1, 0.15) is 17.7 Å². The van der Waals surface area contributed by atoms with Gasteiger partial charge in [0.15, 0.2) is 0 Å². The Balaban J connectivity index is 1.36. The number of benzene rings is 1. The van der Waals surface area contributed by atoms with Gasteiger partial charge < -0.3 is 14.8 Å². The molecule has 1 aromatic carbocycles. The van der Waals surface area contributed by atoms with Gasteiger partial charge in [-0.2, -0.15) is 4.31 Å². The van der Waals surface area contributed by atoms with Crippen LogP contribution in [-0.4, -0.2) is 75.6 Å². The largest absolute Gasteiger partial charge is 0.379 e. The number of nitrogens with one attached hydrogen (secondary N) is 1. The molecule has 2 aliphatic heterocycles. The van der Waals surface area contributed by atoms with Crippen LogP contribution >= 0.6 is 11.3 Å². The highest BCUT2D eigenvalue weighted by Gasteiger charge is 2.26. The van der Waals surface area contributed by atoms with Crippen LogP contribution in [0.4, 0.5) is 5.69 Å². The predicted octanol–water partition coefficient (Wildman–Crippen LogP) is 2.39. The molecule has 2 aromatic rings. The highest BCUT2D eigenvalue weighted by Crippen LogP contribution is 2.20. The Bertz CT molecular complexity index is 968. The van der Waals surface area contributed by atoms with Gasteiger partial charge >= 0.3 is 0 Å². The molecule has 8 nitrogen and oxygen atoms in total. The van der Waals surface area contributed by atoms with Gasteiger partial charge in [-0.3, -0.25) is 9.69 Å². The van der Waals surface area contributed by atoms with Crippen LogP contribution in [-0.2, 0) is 30.8 Å². The number of ether oxygens (including phenoxy) is 2. The molecule has 1 atom stereocenters. The molecule has 174 valence electrons. The molecule has 1 aromatic heterocycles. The average molecular weight is 480 g/mol. The molecule has 0 spiro atoms. The lowest BCUT2D eigenvalue weighted by Crippen LogP contribution is -2.40. The SMILES string of the molecule is O=C(CN(Cc1cccs1)C[C@H]1CCCO1)Nc1ccc(S(=O)(=O)N2CCOCC2)cc1. The molecular weight excluding hydrogens is 450 g/mol. The van der Waals surface area contributed by atoms with E-state index in [0.717, 1.165) is 19.4 Å². The molecular formula is C22H29N3O5S2. The van der Waals surface area contributed by atoms with Crippen molar-refractivity contribution in [1.29, 1.82) is 0 Å². The third-order valence-corrected chi connectivity index (χ3v) is 8.33. The van der Waals surface area contributed by atoms with Crippen molar-refractivity contribution in [1.82, 2.24) is 9.21 Å². The molecule has 32 heavy (non-hydrogen) atoms. The highest BCUT2D eigenvalue weighted by atomic mass is 32.2. The normalized spacial score (nSPS) is 20.0. The predicted molar refractivity (Wildman–Crippen MR) is 123 cm³/mol. The average Bonchev–Trinajstić information content (AvgIpc) is 3.49. The van der Waals surface area contributed by atoms with E-state index < -0.39 is 10.0 Å². The maximum atomic E-state index is 12.7.